The van der Waals surface area contributed by atoms with E-state index in [9.17, 15) is 0 Å². The molecule has 0 unspecified atom stereocenters. The summed E-state index contributed by atoms with van der Waals surface area (Å²) in [5, 5.41) is 0. The van der Waals surface area contributed by atoms with Crippen LogP contribution in [0, 0.1) is 5.41 Å². The van der Waals surface area contributed by atoms with Gasteiger partial charge in [0.15, 0.2) is 6.29 Å². The van der Waals surface area contributed by atoms with E-state index in [4.69, 9.17) is 9.47 Å². The molecule has 2 nitrogen and oxygen atoms in total. The summed E-state index contributed by atoms with van der Waals surface area (Å²) in [6.07, 6.45) is 3.48. The van der Waals surface area contributed by atoms with Gasteiger partial charge in [-0.2, -0.15) is 0 Å². The fourth-order valence-corrected chi connectivity index (χ4v) is 3.91. The molecule has 0 saturated carbocycles. The second-order valence-electron chi connectivity index (χ2n) is 6.53. The number of benzene rings is 2. The van der Waals surface area contributed by atoms with E-state index in [1.807, 2.05) is 0 Å². The largest absolute Gasteiger partial charge is 0.344 e. The third-order valence-electron chi connectivity index (χ3n) is 5.31. The SMILES string of the molecule is CCC12C[C@H](c3ccccc3)OC1O[C@@H](c1ccccc1)C2. The van der Waals surface area contributed by atoms with Crippen molar-refractivity contribution in [2.75, 3.05) is 0 Å². The molecule has 2 aromatic carbocycles. The van der Waals surface area contributed by atoms with Crippen molar-refractivity contribution in [3.63, 3.8) is 0 Å². The molecule has 2 aliphatic rings. The van der Waals surface area contributed by atoms with E-state index in [2.05, 4.69) is 67.6 Å². The van der Waals surface area contributed by atoms with Gasteiger partial charge in [0.05, 0.1) is 12.2 Å². The lowest BCUT2D eigenvalue weighted by Crippen LogP contribution is -2.24. The van der Waals surface area contributed by atoms with Crippen LogP contribution < -0.4 is 0 Å². The average Bonchev–Trinajstić information content (AvgIpc) is 3.11. The summed E-state index contributed by atoms with van der Waals surface area (Å²) in [4.78, 5) is 0. The van der Waals surface area contributed by atoms with Crippen LogP contribution >= 0.6 is 0 Å². The van der Waals surface area contributed by atoms with E-state index in [0.717, 1.165) is 19.3 Å². The molecule has 2 aromatic rings. The summed E-state index contributed by atoms with van der Waals surface area (Å²) in [6.45, 7) is 2.26. The van der Waals surface area contributed by atoms with Crippen molar-refractivity contribution in [1.82, 2.24) is 0 Å². The summed E-state index contributed by atoms with van der Waals surface area (Å²) in [6, 6.07) is 21.1. The predicted octanol–water partition coefficient (Wildman–Crippen LogP) is 5.03. The Kier molecular flexibility index (Phi) is 3.51. The first kappa shape index (κ1) is 14.0. The van der Waals surface area contributed by atoms with Gasteiger partial charge >= 0.3 is 0 Å². The summed E-state index contributed by atoms with van der Waals surface area (Å²) in [5.41, 5.74) is 2.69. The highest BCUT2D eigenvalue weighted by molar-refractivity contribution is 5.23. The summed E-state index contributed by atoms with van der Waals surface area (Å²) < 4.78 is 12.6. The van der Waals surface area contributed by atoms with E-state index in [1.165, 1.54) is 11.1 Å². The normalized spacial score (nSPS) is 33.8. The van der Waals surface area contributed by atoms with Crippen molar-refractivity contribution in [2.24, 2.45) is 5.41 Å². The van der Waals surface area contributed by atoms with E-state index >= 15 is 0 Å². The summed E-state index contributed by atoms with van der Waals surface area (Å²) in [7, 11) is 0. The standard InChI is InChI=1S/C20H22O2/c1-2-20-13-17(15-9-5-3-6-10-15)21-19(20)22-18(14-20)16-11-7-4-8-12-16/h3-12,17-19H,2,13-14H2,1H3/t17-,18-,19?,20?/m1/s1. The van der Waals surface area contributed by atoms with Crippen LogP contribution in [0.4, 0.5) is 0 Å². The number of fused-ring (bicyclic) bond motifs is 1. The van der Waals surface area contributed by atoms with Crippen molar-refractivity contribution in [1.29, 1.82) is 0 Å². The Morgan fingerprint density at radius 3 is 1.64 bits per heavy atom. The van der Waals surface area contributed by atoms with Gasteiger partial charge in [-0.05, 0) is 30.4 Å². The number of ether oxygens (including phenoxy) is 2. The van der Waals surface area contributed by atoms with Crippen molar-refractivity contribution < 1.29 is 9.47 Å². The maximum atomic E-state index is 6.30. The fraction of sp³-hybridized carbons (Fsp3) is 0.400. The van der Waals surface area contributed by atoms with Crippen LogP contribution in [-0.4, -0.2) is 6.29 Å². The van der Waals surface area contributed by atoms with Gasteiger partial charge in [0.1, 0.15) is 0 Å². The minimum absolute atomic E-state index is 0.0760. The van der Waals surface area contributed by atoms with Gasteiger partial charge in [0.2, 0.25) is 0 Å². The smallest absolute Gasteiger partial charge is 0.164 e. The first-order valence-electron chi connectivity index (χ1n) is 8.21. The van der Waals surface area contributed by atoms with E-state index < -0.39 is 0 Å². The van der Waals surface area contributed by atoms with Gasteiger partial charge in [-0.1, -0.05) is 67.6 Å². The lowest BCUT2D eigenvalue weighted by molar-refractivity contribution is -0.153. The van der Waals surface area contributed by atoms with Gasteiger partial charge in [-0.3, -0.25) is 0 Å². The Morgan fingerprint density at radius 2 is 1.27 bits per heavy atom. The molecule has 4 rings (SSSR count). The van der Waals surface area contributed by atoms with Gasteiger partial charge < -0.3 is 9.47 Å². The molecular weight excluding hydrogens is 272 g/mol. The Hall–Kier alpha value is -1.64. The molecule has 22 heavy (non-hydrogen) atoms. The highest BCUT2D eigenvalue weighted by atomic mass is 16.7. The average molecular weight is 294 g/mol. The Morgan fingerprint density at radius 1 is 0.818 bits per heavy atom. The second-order valence-corrected chi connectivity index (χ2v) is 6.53. The molecule has 2 heteroatoms. The van der Waals surface area contributed by atoms with Crippen LogP contribution in [0.1, 0.15) is 49.5 Å². The molecule has 2 heterocycles. The first-order valence-corrected chi connectivity index (χ1v) is 8.21. The molecule has 2 atom stereocenters. The zero-order chi connectivity index (χ0) is 15.0. The molecule has 0 aromatic heterocycles. The highest BCUT2D eigenvalue weighted by Crippen LogP contribution is 2.58. The molecule has 2 aliphatic heterocycles. The third-order valence-corrected chi connectivity index (χ3v) is 5.31. The van der Waals surface area contributed by atoms with Gasteiger partial charge in [-0.15, -0.1) is 0 Å². The van der Waals surface area contributed by atoms with Crippen molar-refractivity contribution in [3.05, 3.63) is 71.8 Å². The first-order chi connectivity index (χ1) is 10.8. The Balaban J connectivity index is 1.56. The fourth-order valence-electron chi connectivity index (χ4n) is 3.91. The number of rotatable bonds is 3. The highest BCUT2D eigenvalue weighted by Gasteiger charge is 2.55. The Labute approximate surface area is 132 Å². The van der Waals surface area contributed by atoms with Crippen molar-refractivity contribution >= 4 is 0 Å². The lowest BCUT2D eigenvalue weighted by atomic mass is 9.77. The maximum Gasteiger partial charge on any atom is 0.164 e. The van der Waals surface area contributed by atoms with Crippen LogP contribution in [0.3, 0.4) is 0 Å². The molecule has 0 amide bonds. The zero-order valence-electron chi connectivity index (χ0n) is 12.9. The topological polar surface area (TPSA) is 18.5 Å². The summed E-state index contributed by atoms with van der Waals surface area (Å²) in [5.74, 6) is 0. The van der Waals surface area contributed by atoms with Crippen LogP contribution in [0.25, 0.3) is 0 Å². The predicted molar refractivity (Wildman–Crippen MR) is 86.3 cm³/mol. The van der Waals surface area contributed by atoms with E-state index in [1.54, 1.807) is 0 Å². The molecule has 2 fully saturated rings. The number of hydrogen-bond acceptors (Lipinski definition) is 2. The molecule has 0 spiro atoms. The van der Waals surface area contributed by atoms with Gasteiger partial charge in [-0.25, -0.2) is 0 Å². The van der Waals surface area contributed by atoms with Crippen LogP contribution in [0.5, 0.6) is 0 Å². The second kappa shape index (κ2) is 5.53. The van der Waals surface area contributed by atoms with E-state index in [0.29, 0.717) is 0 Å². The van der Waals surface area contributed by atoms with Crippen molar-refractivity contribution in [3.8, 4) is 0 Å². The molecule has 0 N–H and O–H groups in total. The number of hydrogen-bond donors (Lipinski definition) is 0. The Bertz CT molecular complexity index is 571. The minimum Gasteiger partial charge on any atom is -0.344 e. The van der Waals surface area contributed by atoms with Crippen LogP contribution in [0.2, 0.25) is 0 Å². The van der Waals surface area contributed by atoms with Crippen LogP contribution in [-0.2, 0) is 9.47 Å². The van der Waals surface area contributed by atoms with Gasteiger partial charge in [0.25, 0.3) is 0 Å². The minimum atomic E-state index is -0.0760. The maximum absolute atomic E-state index is 6.30. The molecular formula is C20H22O2. The van der Waals surface area contributed by atoms with Crippen molar-refractivity contribution in [2.45, 2.75) is 44.7 Å². The third kappa shape index (κ3) is 2.27. The zero-order valence-corrected chi connectivity index (χ0v) is 12.9. The molecule has 0 aliphatic carbocycles. The van der Waals surface area contributed by atoms with Gasteiger partial charge in [0, 0.05) is 5.41 Å². The quantitative estimate of drug-likeness (QED) is 0.790. The molecule has 0 bridgehead atoms. The summed E-state index contributed by atoms with van der Waals surface area (Å²) >= 11 is 0. The lowest BCUT2D eigenvalue weighted by Gasteiger charge is -2.23. The molecule has 2 saturated heterocycles. The van der Waals surface area contributed by atoms with E-state index in [-0.39, 0.29) is 23.9 Å². The molecule has 114 valence electrons. The molecule has 0 radical (unpaired) electrons. The monoisotopic (exact) mass is 294 g/mol. The van der Waals surface area contributed by atoms with Crippen LogP contribution in [0.15, 0.2) is 60.7 Å².